The summed E-state index contributed by atoms with van der Waals surface area (Å²) in [7, 11) is 3.12. The molecule has 2 aromatic rings. The van der Waals surface area contributed by atoms with Crippen molar-refractivity contribution in [1.82, 2.24) is 19.3 Å². The zero-order valence-electron chi connectivity index (χ0n) is 12.0. The molecule has 21 heavy (non-hydrogen) atoms. The molecule has 0 saturated heterocycles. The van der Waals surface area contributed by atoms with E-state index >= 15 is 0 Å². The maximum absolute atomic E-state index is 11.3. The molecule has 0 bridgehead atoms. The van der Waals surface area contributed by atoms with Crippen LogP contribution in [0.3, 0.4) is 0 Å². The number of hydrogen-bond donors (Lipinski definition) is 1. The van der Waals surface area contributed by atoms with Crippen molar-refractivity contribution in [1.29, 1.82) is 0 Å². The molecule has 0 fully saturated rings. The van der Waals surface area contributed by atoms with Crippen molar-refractivity contribution in [3.05, 3.63) is 5.69 Å². The van der Waals surface area contributed by atoms with Crippen LogP contribution >= 0.6 is 11.8 Å². The van der Waals surface area contributed by atoms with Gasteiger partial charge in [-0.15, -0.1) is 0 Å². The fourth-order valence-corrected chi connectivity index (χ4v) is 2.80. The van der Waals surface area contributed by atoms with Gasteiger partial charge >= 0.3 is 11.9 Å². The second kappa shape index (κ2) is 6.17. The molecule has 0 aromatic carbocycles. The second-order valence-corrected chi connectivity index (χ2v) is 5.38. The van der Waals surface area contributed by atoms with Gasteiger partial charge in [-0.25, -0.2) is 4.98 Å². The lowest BCUT2D eigenvalue weighted by molar-refractivity contribution is -0.141. The third kappa shape index (κ3) is 3.18. The van der Waals surface area contributed by atoms with E-state index in [1.54, 1.807) is 16.3 Å². The molecule has 0 spiro atoms. The van der Waals surface area contributed by atoms with Gasteiger partial charge in [0.2, 0.25) is 0 Å². The zero-order valence-corrected chi connectivity index (χ0v) is 12.8. The Bertz CT molecular complexity index is 691. The summed E-state index contributed by atoms with van der Waals surface area (Å²) in [5, 5.41) is 13.7. The fourth-order valence-electron chi connectivity index (χ4n) is 2.06. The smallest absolute Gasteiger partial charge is 0.313 e. The molecule has 1 N–H and O–H groups in total. The minimum atomic E-state index is -0.915. The lowest BCUT2D eigenvalue weighted by Crippen LogP contribution is -2.10. The van der Waals surface area contributed by atoms with E-state index in [4.69, 9.17) is 5.11 Å². The number of esters is 1. The number of carbonyl (C=O) groups excluding carboxylic acids is 1. The van der Waals surface area contributed by atoms with Crippen molar-refractivity contribution >= 4 is 34.9 Å². The summed E-state index contributed by atoms with van der Waals surface area (Å²) >= 11 is 1.12. The van der Waals surface area contributed by atoms with Gasteiger partial charge in [0.05, 0.1) is 25.0 Å². The number of imidazole rings is 1. The van der Waals surface area contributed by atoms with Gasteiger partial charge < -0.3 is 14.4 Å². The lowest BCUT2D eigenvalue weighted by Gasteiger charge is -2.07. The Hall–Kier alpha value is -2.03. The van der Waals surface area contributed by atoms with E-state index in [0.717, 1.165) is 28.6 Å². The van der Waals surface area contributed by atoms with Crippen LogP contribution < -0.4 is 0 Å². The zero-order chi connectivity index (χ0) is 15.6. The average Bonchev–Trinajstić information content (AvgIpc) is 2.92. The number of aryl methyl sites for hydroxylation is 3. The molecule has 0 saturated carbocycles. The van der Waals surface area contributed by atoms with Gasteiger partial charge in [0.1, 0.15) is 5.52 Å². The summed E-state index contributed by atoms with van der Waals surface area (Å²) in [5.74, 6) is -1.33. The maximum Gasteiger partial charge on any atom is 0.313 e. The molecule has 0 amide bonds. The Kier molecular flexibility index (Phi) is 4.51. The largest absolute Gasteiger partial charge is 0.481 e. The number of carboxylic acids is 1. The monoisotopic (exact) mass is 312 g/mol. The van der Waals surface area contributed by atoms with E-state index in [2.05, 4.69) is 14.8 Å². The summed E-state index contributed by atoms with van der Waals surface area (Å²) in [4.78, 5) is 26.5. The number of aromatic nitrogens is 4. The number of hydrogen-bond acceptors (Lipinski definition) is 6. The van der Waals surface area contributed by atoms with Crippen LogP contribution in [0.5, 0.6) is 0 Å². The SMILES string of the molecule is COC(=O)CCn1c(SCC(=O)O)nc2c(C)nn(C)c21. The molecular formula is C12H16N4O4S. The number of aliphatic carboxylic acids is 1. The van der Waals surface area contributed by atoms with E-state index in [1.165, 1.54) is 7.11 Å². The van der Waals surface area contributed by atoms with E-state index in [-0.39, 0.29) is 18.1 Å². The number of fused-ring (bicyclic) bond motifs is 1. The highest BCUT2D eigenvalue weighted by Crippen LogP contribution is 2.26. The molecule has 2 aromatic heterocycles. The van der Waals surface area contributed by atoms with Crippen molar-refractivity contribution in [3.63, 3.8) is 0 Å². The third-order valence-electron chi connectivity index (χ3n) is 2.95. The standard InChI is InChI=1S/C12H16N4O4S/c1-7-10-11(15(2)14-7)16(5-4-9(19)20-3)12(13-10)21-6-8(17)18/h4-6H2,1-3H3,(H,17,18). The van der Waals surface area contributed by atoms with E-state index in [9.17, 15) is 9.59 Å². The van der Waals surface area contributed by atoms with Crippen LogP contribution in [-0.4, -0.2) is 49.2 Å². The van der Waals surface area contributed by atoms with Crippen molar-refractivity contribution in [2.24, 2.45) is 7.05 Å². The summed E-state index contributed by atoms with van der Waals surface area (Å²) in [5.41, 5.74) is 2.25. The first-order chi connectivity index (χ1) is 9.93. The van der Waals surface area contributed by atoms with Gasteiger partial charge in [-0.2, -0.15) is 5.10 Å². The topological polar surface area (TPSA) is 99.2 Å². The van der Waals surface area contributed by atoms with Crippen molar-refractivity contribution in [2.75, 3.05) is 12.9 Å². The van der Waals surface area contributed by atoms with Gasteiger partial charge in [-0.3, -0.25) is 14.3 Å². The number of methoxy groups -OCH3 is 1. The number of carbonyl (C=O) groups is 2. The third-order valence-corrected chi connectivity index (χ3v) is 3.91. The van der Waals surface area contributed by atoms with Crippen LogP contribution in [0.2, 0.25) is 0 Å². The molecule has 114 valence electrons. The predicted molar refractivity (Wildman–Crippen MR) is 76.2 cm³/mol. The van der Waals surface area contributed by atoms with Crippen LogP contribution in [0.4, 0.5) is 0 Å². The number of nitrogens with zero attached hydrogens (tertiary/aromatic N) is 4. The summed E-state index contributed by atoms with van der Waals surface area (Å²) in [6, 6.07) is 0. The quantitative estimate of drug-likeness (QED) is 0.622. The molecule has 2 heterocycles. The van der Waals surface area contributed by atoms with Crippen molar-refractivity contribution in [2.45, 2.75) is 25.0 Å². The summed E-state index contributed by atoms with van der Waals surface area (Å²) < 4.78 is 8.12. The van der Waals surface area contributed by atoms with Crippen LogP contribution in [-0.2, 0) is 27.9 Å². The Morgan fingerprint density at radius 2 is 2.14 bits per heavy atom. The Balaban J connectivity index is 2.38. The molecule has 0 atom stereocenters. The fraction of sp³-hybridized carbons (Fsp3) is 0.500. The molecule has 8 nitrogen and oxygen atoms in total. The predicted octanol–water partition coefficient (Wildman–Crippen LogP) is 0.818. The Morgan fingerprint density at radius 1 is 1.43 bits per heavy atom. The molecular weight excluding hydrogens is 296 g/mol. The Labute approximate surface area is 125 Å². The first-order valence-corrected chi connectivity index (χ1v) is 7.23. The molecule has 0 aliphatic heterocycles. The molecule has 2 rings (SSSR count). The molecule has 0 aliphatic carbocycles. The highest BCUT2D eigenvalue weighted by atomic mass is 32.2. The van der Waals surface area contributed by atoms with Crippen molar-refractivity contribution in [3.8, 4) is 0 Å². The van der Waals surface area contributed by atoms with Gasteiger partial charge in [-0.1, -0.05) is 11.8 Å². The molecule has 0 radical (unpaired) electrons. The number of rotatable bonds is 6. The van der Waals surface area contributed by atoms with E-state index in [0.29, 0.717) is 11.7 Å². The first-order valence-electron chi connectivity index (χ1n) is 6.25. The molecule has 0 aliphatic rings. The highest BCUT2D eigenvalue weighted by molar-refractivity contribution is 7.99. The average molecular weight is 312 g/mol. The summed E-state index contributed by atoms with van der Waals surface area (Å²) in [6.45, 7) is 2.20. The molecule has 9 heteroatoms. The lowest BCUT2D eigenvalue weighted by atomic mass is 10.4. The minimum absolute atomic E-state index is 0.0893. The molecule has 0 unspecified atom stereocenters. The number of carboxylic acid groups (broad SMARTS) is 1. The van der Waals surface area contributed by atoms with E-state index < -0.39 is 5.97 Å². The van der Waals surface area contributed by atoms with Gasteiger partial charge in [0.25, 0.3) is 0 Å². The van der Waals surface area contributed by atoms with Crippen LogP contribution in [0.25, 0.3) is 11.2 Å². The number of ether oxygens (including phenoxy) is 1. The van der Waals surface area contributed by atoms with Gasteiger partial charge in [0, 0.05) is 13.6 Å². The van der Waals surface area contributed by atoms with Crippen LogP contribution in [0, 0.1) is 6.92 Å². The maximum atomic E-state index is 11.3. The Morgan fingerprint density at radius 3 is 2.76 bits per heavy atom. The first kappa shape index (κ1) is 15.4. The highest BCUT2D eigenvalue weighted by Gasteiger charge is 2.19. The summed E-state index contributed by atoms with van der Waals surface area (Å²) in [6.07, 6.45) is 0.187. The minimum Gasteiger partial charge on any atom is -0.481 e. The van der Waals surface area contributed by atoms with Gasteiger partial charge in [-0.05, 0) is 6.92 Å². The normalized spacial score (nSPS) is 11.0. The number of thioether (sulfide) groups is 1. The van der Waals surface area contributed by atoms with Crippen LogP contribution in [0.1, 0.15) is 12.1 Å². The van der Waals surface area contributed by atoms with Crippen LogP contribution in [0.15, 0.2) is 5.16 Å². The van der Waals surface area contributed by atoms with E-state index in [1.807, 2.05) is 6.92 Å². The van der Waals surface area contributed by atoms with Gasteiger partial charge in [0.15, 0.2) is 10.8 Å². The van der Waals surface area contributed by atoms with Crippen molar-refractivity contribution < 1.29 is 19.4 Å². The second-order valence-electron chi connectivity index (χ2n) is 4.44.